The number of hydrogen-bond acceptors (Lipinski definition) is 3. The first kappa shape index (κ1) is 17.8. The van der Waals surface area contributed by atoms with Crippen molar-refractivity contribution in [1.29, 1.82) is 0 Å². The monoisotopic (exact) mass is 298 g/mol. The number of amides is 3. The normalized spacial score (nSPS) is 18.3. The molecule has 6 heteroatoms. The van der Waals surface area contributed by atoms with Gasteiger partial charge in [-0.15, -0.1) is 0 Å². The highest BCUT2D eigenvalue weighted by Gasteiger charge is 2.26. The van der Waals surface area contributed by atoms with Crippen LogP contribution in [-0.2, 0) is 4.79 Å². The van der Waals surface area contributed by atoms with E-state index in [2.05, 4.69) is 10.6 Å². The maximum atomic E-state index is 12.0. The predicted molar refractivity (Wildman–Crippen MR) is 84.2 cm³/mol. The summed E-state index contributed by atoms with van der Waals surface area (Å²) in [5.41, 5.74) is -0.214. The summed E-state index contributed by atoms with van der Waals surface area (Å²) in [4.78, 5) is 27.4. The smallest absolute Gasteiger partial charge is 0.319 e. The molecule has 1 atom stereocenters. The van der Waals surface area contributed by atoms with Crippen molar-refractivity contribution in [3.63, 3.8) is 0 Å². The van der Waals surface area contributed by atoms with Gasteiger partial charge >= 0.3 is 6.03 Å². The zero-order valence-electron chi connectivity index (χ0n) is 14.2. The van der Waals surface area contributed by atoms with E-state index >= 15 is 0 Å². The molecule has 0 aromatic rings. The van der Waals surface area contributed by atoms with E-state index in [0.29, 0.717) is 0 Å². The van der Waals surface area contributed by atoms with Gasteiger partial charge in [0.15, 0.2) is 0 Å². The fourth-order valence-corrected chi connectivity index (χ4v) is 2.43. The highest BCUT2D eigenvalue weighted by atomic mass is 16.2. The lowest BCUT2D eigenvalue weighted by molar-refractivity contribution is -0.124. The van der Waals surface area contributed by atoms with Gasteiger partial charge in [-0.25, -0.2) is 4.79 Å². The highest BCUT2D eigenvalue weighted by molar-refractivity contribution is 5.82. The summed E-state index contributed by atoms with van der Waals surface area (Å²) in [6.07, 6.45) is 1.76. The van der Waals surface area contributed by atoms with E-state index in [4.69, 9.17) is 0 Å². The number of carbonyl (C=O) groups excluding carboxylic acids is 2. The number of urea groups is 1. The molecule has 6 nitrogen and oxygen atoms in total. The number of carbonyl (C=O) groups is 2. The summed E-state index contributed by atoms with van der Waals surface area (Å²) in [6, 6.07) is 0.134. The van der Waals surface area contributed by atoms with Gasteiger partial charge in [0.2, 0.25) is 5.91 Å². The molecular formula is C15H30N4O2. The molecular weight excluding hydrogens is 268 g/mol. The molecule has 0 spiro atoms. The Morgan fingerprint density at radius 1 is 1.19 bits per heavy atom. The van der Waals surface area contributed by atoms with Gasteiger partial charge in [0.1, 0.15) is 0 Å². The van der Waals surface area contributed by atoms with Crippen LogP contribution in [0, 0.1) is 0 Å². The summed E-state index contributed by atoms with van der Waals surface area (Å²) in [6.45, 7) is 9.29. The van der Waals surface area contributed by atoms with Crippen LogP contribution in [0.15, 0.2) is 0 Å². The third kappa shape index (κ3) is 5.91. The molecule has 0 radical (unpaired) electrons. The molecule has 1 aliphatic rings. The van der Waals surface area contributed by atoms with Gasteiger partial charge in [0.05, 0.1) is 6.04 Å². The number of nitrogens with zero attached hydrogens (tertiary/aromatic N) is 2. The van der Waals surface area contributed by atoms with Crippen LogP contribution in [-0.4, -0.2) is 66.5 Å². The van der Waals surface area contributed by atoms with Gasteiger partial charge in [0.25, 0.3) is 0 Å². The van der Waals surface area contributed by atoms with E-state index in [1.54, 1.807) is 19.0 Å². The van der Waals surface area contributed by atoms with E-state index in [-0.39, 0.29) is 29.6 Å². The lowest BCUT2D eigenvalue weighted by Crippen LogP contribution is -2.54. The first-order chi connectivity index (χ1) is 9.60. The lowest BCUT2D eigenvalue weighted by atomic mass is 10.0. The Labute approximate surface area is 128 Å². The molecule has 1 heterocycles. The lowest BCUT2D eigenvalue weighted by Gasteiger charge is -2.35. The maximum absolute atomic E-state index is 12.0. The zero-order chi connectivity index (χ0) is 16.2. The molecule has 3 amide bonds. The van der Waals surface area contributed by atoms with Gasteiger partial charge in [0, 0.05) is 38.8 Å². The average Bonchev–Trinajstić information content (AvgIpc) is 2.36. The van der Waals surface area contributed by atoms with Crippen molar-refractivity contribution >= 4 is 11.9 Å². The third-order valence-corrected chi connectivity index (χ3v) is 3.53. The predicted octanol–water partition coefficient (Wildman–Crippen LogP) is 1.03. The molecule has 0 bridgehead atoms. The molecule has 1 unspecified atom stereocenters. The molecule has 1 saturated heterocycles. The van der Waals surface area contributed by atoms with Crippen LogP contribution in [0.25, 0.3) is 0 Å². The second-order valence-electron chi connectivity index (χ2n) is 7.07. The average molecular weight is 298 g/mol. The number of likely N-dealkylation sites (tertiary alicyclic amines) is 1. The van der Waals surface area contributed by atoms with Gasteiger partial charge < -0.3 is 20.4 Å². The van der Waals surface area contributed by atoms with Crippen molar-refractivity contribution in [2.45, 2.75) is 58.2 Å². The minimum absolute atomic E-state index is 0.0225. The Balaban J connectivity index is 2.38. The van der Waals surface area contributed by atoms with Crippen molar-refractivity contribution in [3.05, 3.63) is 0 Å². The second-order valence-corrected chi connectivity index (χ2v) is 7.07. The van der Waals surface area contributed by atoms with Crippen molar-refractivity contribution in [3.8, 4) is 0 Å². The Morgan fingerprint density at radius 2 is 1.71 bits per heavy atom. The summed E-state index contributed by atoms with van der Waals surface area (Å²) in [5.74, 6) is 0.0225. The second kappa shape index (κ2) is 7.11. The fraction of sp³-hybridized carbons (Fsp3) is 0.867. The molecule has 2 N–H and O–H groups in total. The van der Waals surface area contributed by atoms with Crippen LogP contribution < -0.4 is 10.6 Å². The van der Waals surface area contributed by atoms with Crippen LogP contribution in [0.5, 0.6) is 0 Å². The molecule has 0 saturated carbocycles. The topological polar surface area (TPSA) is 64.7 Å². The Bertz CT molecular complexity index is 368. The minimum Gasteiger partial charge on any atom is -0.350 e. The zero-order valence-corrected chi connectivity index (χ0v) is 14.2. The number of piperidine rings is 1. The molecule has 1 fully saturated rings. The van der Waals surface area contributed by atoms with Gasteiger partial charge in [-0.2, -0.15) is 0 Å². The number of nitrogens with one attached hydrogen (secondary N) is 2. The van der Waals surface area contributed by atoms with Crippen LogP contribution >= 0.6 is 0 Å². The van der Waals surface area contributed by atoms with Crippen molar-refractivity contribution in [1.82, 2.24) is 20.4 Å². The summed E-state index contributed by atoms with van der Waals surface area (Å²) in [5, 5.41) is 6.34. The van der Waals surface area contributed by atoms with Crippen LogP contribution in [0.1, 0.15) is 40.5 Å². The summed E-state index contributed by atoms with van der Waals surface area (Å²) < 4.78 is 0. The van der Waals surface area contributed by atoms with Crippen LogP contribution in [0.2, 0.25) is 0 Å². The quantitative estimate of drug-likeness (QED) is 0.818. The summed E-state index contributed by atoms with van der Waals surface area (Å²) in [7, 11) is 3.54. The molecule has 1 rings (SSSR count). The van der Waals surface area contributed by atoms with Crippen molar-refractivity contribution < 1.29 is 9.59 Å². The van der Waals surface area contributed by atoms with E-state index < -0.39 is 0 Å². The van der Waals surface area contributed by atoms with Crippen molar-refractivity contribution in [2.75, 3.05) is 27.2 Å². The molecule has 1 aliphatic heterocycles. The van der Waals surface area contributed by atoms with Crippen LogP contribution in [0.3, 0.4) is 0 Å². The van der Waals surface area contributed by atoms with E-state index in [9.17, 15) is 9.59 Å². The Hall–Kier alpha value is -1.30. The van der Waals surface area contributed by atoms with E-state index in [1.807, 2.05) is 32.6 Å². The standard InChI is InChI=1S/C15H30N4O2/c1-11(13(20)17-15(2,3)4)16-12-7-9-19(10-8-12)14(21)18(5)6/h11-12,16H,7-10H2,1-6H3,(H,17,20). The fourth-order valence-electron chi connectivity index (χ4n) is 2.43. The Kier molecular flexibility index (Phi) is 6.01. The third-order valence-electron chi connectivity index (χ3n) is 3.53. The molecule has 122 valence electrons. The van der Waals surface area contributed by atoms with E-state index in [0.717, 1.165) is 25.9 Å². The first-order valence-electron chi connectivity index (χ1n) is 7.64. The van der Waals surface area contributed by atoms with Crippen LogP contribution in [0.4, 0.5) is 4.79 Å². The molecule has 21 heavy (non-hydrogen) atoms. The number of rotatable bonds is 3. The SMILES string of the molecule is CC(NC1CCN(C(=O)N(C)C)CC1)C(=O)NC(C)(C)C. The van der Waals surface area contributed by atoms with E-state index in [1.165, 1.54) is 0 Å². The highest BCUT2D eigenvalue weighted by Crippen LogP contribution is 2.12. The van der Waals surface area contributed by atoms with Gasteiger partial charge in [-0.1, -0.05) is 0 Å². The van der Waals surface area contributed by atoms with Crippen molar-refractivity contribution in [2.24, 2.45) is 0 Å². The first-order valence-corrected chi connectivity index (χ1v) is 7.64. The molecule has 0 aromatic heterocycles. The van der Waals surface area contributed by atoms with Gasteiger partial charge in [-0.3, -0.25) is 4.79 Å². The number of hydrogen-bond donors (Lipinski definition) is 2. The largest absolute Gasteiger partial charge is 0.350 e. The maximum Gasteiger partial charge on any atom is 0.319 e. The van der Waals surface area contributed by atoms with Gasteiger partial charge in [-0.05, 0) is 40.5 Å². The summed E-state index contributed by atoms with van der Waals surface area (Å²) >= 11 is 0. The molecule has 0 aromatic carbocycles. The minimum atomic E-state index is -0.217. The molecule has 0 aliphatic carbocycles. The Morgan fingerprint density at radius 3 is 2.14 bits per heavy atom.